The number of rotatable bonds is 3. The molecule has 0 radical (unpaired) electrons. The normalized spacial score (nSPS) is 12.5. The van der Waals surface area contributed by atoms with Crippen LogP contribution < -0.4 is 5.56 Å². The Bertz CT molecular complexity index is 1510. The third-order valence-electron chi connectivity index (χ3n) is 5.04. The molecule has 0 bridgehead atoms. The third-order valence-corrected chi connectivity index (χ3v) is 6.13. The number of halogens is 2. The summed E-state index contributed by atoms with van der Waals surface area (Å²) >= 11 is 17.8. The molecule has 5 rings (SSSR count). The molecule has 0 saturated carbocycles. The fourth-order valence-electron chi connectivity index (χ4n) is 3.62. The van der Waals surface area contributed by atoms with Crippen LogP contribution in [0.5, 0.6) is 0 Å². The number of benzene rings is 2. The summed E-state index contributed by atoms with van der Waals surface area (Å²) in [5.41, 5.74) is 3.00. The van der Waals surface area contributed by atoms with Gasteiger partial charge in [-0.1, -0.05) is 41.4 Å². The molecule has 7 nitrogen and oxygen atoms in total. The number of hydrogen-bond acceptors (Lipinski definition) is 6. The summed E-state index contributed by atoms with van der Waals surface area (Å²) in [6, 6.07) is 10.6. The van der Waals surface area contributed by atoms with Crippen LogP contribution >= 0.6 is 35.8 Å². The van der Waals surface area contributed by atoms with E-state index in [9.17, 15) is 4.79 Å². The van der Waals surface area contributed by atoms with Gasteiger partial charge in [0, 0.05) is 0 Å². The van der Waals surface area contributed by atoms with E-state index in [2.05, 4.69) is 19.9 Å². The monoisotopic (exact) mass is 468 g/mol. The van der Waals surface area contributed by atoms with E-state index >= 15 is 0 Å². The number of H-pyrrole nitrogens is 1. The van der Waals surface area contributed by atoms with Gasteiger partial charge in [0.15, 0.2) is 5.65 Å². The predicted molar refractivity (Wildman–Crippen MR) is 125 cm³/mol. The van der Waals surface area contributed by atoms with E-state index in [-0.39, 0.29) is 5.56 Å². The molecule has 31 heavy (non-hydrogen) atoms. The average Bonchev–Trinajstić information content (AvgIpc) is 3.23. The molecule has 0 spiro atoms. The maximum Gasteiger partial charge on any atom is 0.266 e. The molecule has 5 aromatic rings. The number of nitrogens with zero attached hydrogens (tertiary/aromatic N) is 5. The van der Waals surface area contributed by atoms with Crippen molar-refractivity contribution in [1.82, 2.24) is 29.5 Å². The maximum absolute atomic E-state index is 13.7. The van der Waals surface area contributed by atoms with E-state index in [0.29, 0.717) is 49.3 Å². The van der Waals surface area contributed by atoms with Gasteiger partial charge in [0.2, 0.25) is 0 Å². The number of aryl methyl sites for hydroxylation is 1. The summed E-state index contributed by atoms with van der Waals surface area (Å²) in [6.45, 7) is 1.86. The Hall–Kier alpha value is -2.94. The number of thiol groups is 1. The van der Waals surface area contributed by atoms with Crippen molar-refractivity contribution in [3.63, 3.8) is 0 Å². The van der Waals surface area contributed by atoms with Crippen molar-refractivity contribution in [2.24, 2.45) is 0 Å². The Kier molecular flexibility index (Phi) is 4.92. The molecule has 0 fully saturated rings. The van der Waals surface area contributed by atoms with Gasteiger partial charge in [0.05, 0.1) is 38.7 Å². The molecule has 0 saturated heterocycles. The number of nitrogens with one attached hydrogen (secondary N) is 1. The Balaban J connectivity index is 1.90. The summed E-state index contributed by atoms with van der Waals surface area (Å²) < 4.78 is 1.41. The van der Waals surface area contributed by atoms with Crippen molar-refractivity contribution in [3.8, 4) is 5.69 Å². The number of aromatic nitrogens is 6. The van der Waals surface area contributed by atoms with Crippen LogP contribution in [0.15, 0.2) is 53.8 Å². The van der Waals surface area contributed by atoms with Gasteiger partial charge in [0.25, 0.3) is 5.56 Å². The Morgan fingerprint density at radius 1 is 1.06 bits per heavy atom. The highest BCUT2D eigenvalue weighted by molar-refractivity contribution is 7.80. The predicted octanol–water partition coefficient (Wildman–Crippen LogP) is 4.69. The molecule has 154 valence electrons. The smallest absolute Gasteiger partial charge is 0.266 e. The summed E-state index contributed by atoms with van der Waals surface area (Å²) in [6.07, 6.45) is 2.94. The van der Waals surface area contributed by atoms with Gasteiger partial charge < -0.3 is 4.98 Å². The number of imidazole rings is 1. The topological polar surface area (TPSA) is 89.3 Å². The molecule has 1 unspecified atom stereocenters. The summed E-state index contributed by atoms with van der Waals surface area (Å²) in [4.78, 5) is 34.3. The molecule has 10 heteroatoms. The van der Waals surface area contributed by atoms with Crippen molar-refractivity contribution in [1.29, 1.82) is 0 Å². The molecular weight excluding hydrogens is 455 g/mol. The summed E-state index contributed by atoms with van der Waals surface area (Å²) in [5, 5.41) is 0.409. The number of fused-ring (bicyclic) bond motifs is 2. The highest BCUT2D eigenvalue weighted by atomic mass is 35.5. The van der Waals surface area contributed by atoms with Crippen molar-refractivity contribution in [3.05, 3.63) is 86.5 Å². The van der Waals surface area contributed by atoms with E-state index in [4.69, 9.17) is 40.8 Å². The van der Waals surface area contributed by atoms with Crippen LogP contribution in [0.25, 0.3) is 27.8 Å². The zero-order valence-electron chi connectivity index (χ0n) is 16.0. The van der Waals surface area contributed by atoms with Crippen LogP contribution in [0.2, 0.25) is 10.0 Å². The second kappa shape index (κ2) is 7.64. The molecular formula is C21H14Cl2N6OS. The molecule has 1 N–H and O–H groups in total. The molecule has 0 amide bonds. The minimum absolute atomic E-state index is 0.292. The number of para-hydroxylation sites is 1. The van der Waals surface area contributed by atoms with Crippen molar-refractivity contribution < 1.29 is 0 Å². The molecule has 0 aliphatic carbocycles. The fourth-order valence-corrected chi connectivity index (χ4v) is 4.55. The first-order chi connectivity index (χ1) is 15.0. The summed E-state index contributed by atoms with van der Waals surface area (Å²) in [5.74, 6) is 0.324. The van der Waals surface area contributed by atoms with Crippen molar-refractivity contribution in [2.45, 2.75) is 12.2 Å². The van der Waals surface area contributed by atoms with Gasteiger partial charge in [-0.3, -0.25) is 9.36 Å². The SMILES string of the molecule is Cc1cccc2nc(C(S)c3ncnc4[nH]cnc34)n(-c3c(Cl)cccc3Cl)c(=O)c12. The second-order valence-electron chi connectivity index (χ2n) is 6.91. The van der Waals surface area contributed by atoms with E-state index in [1.165, 1.54) is 17.2 Å². The van der Waals surface area contributed by atoms with Gasteiger partial charge >= 0.3 is 0 Å². The minimum Gasteiger partial charge on any atom is -0.329 e. The van der Waals surface area contributed by atoms with E-state index in [0.717, 1.165) is 5.56 Å². The lowest BCUT2D eigenvalue weighted by Crippen LogP contribution is -2.26. The van der Waals surface area contributed by atoms with Gasteiger partial charge in [-0.2, -0.15) is 12.6 Å². The standard InChI is InChI=1S/C21H14Cl2N6OS/c1-10-4-2-7-13-14(10)21(30)29(17-11(22)5-3-6-12(17)23)20(28-13)18(31)15-16-19(26-8-24-15)27-9-25-16/h2-9,18,31H,1H3,(H,24,25,26,27). The van der Waals surface area contributed by atoms with Crippen LogP contribution in [-0.4, -0.2) is 29.5 Å². The highest BCUT2D eigenvalue weighted by Crippen LogP contribution is 2.34. The van der Waals surface area contributed by atoms with Crippen molar-refractivity contribution >= 4 is 57.9 Å². The molecule has 2 aromatic carbocycles. The van der Waals surface area contributed by atoms with Crippen LogP contribution in [0.4, 0.5) is 0 Å². The first kappa shape index (κ1) is 20.0. The zero-order valence-corrected chi connectivity index (χ0v) is 18.4. The molecule has 3 heterocycles. The van der Waals surface area contributed by atoms with Gasteiger partial charge in [0.1, 0.15) is 22.9 Å². The lowest BCUT2D eigenvalue weighted by Gasteiger charge is -2.20. The van der Waals surface area contributed by atoms with Crippen LogP contribution in [0.1, 0.15) is 22.3 Å². The quantitative estimate of drug-likeness (QED) is 0.375. The maximum atomic E-state index is 13.7. The van der Waals surface area contributed by atoms with Gasteiger partial charge in [-0.15, -0.1) is 0 Å². The summed E-state index contributed by atoms with van der Waals surface area (Å²) in [7, 11) is 0. The molecule has 1 atom stereocenters. The van der Waals surface area contributed by atoms with Crippen LogP contribution in [0, 0.1) is 6.92 Å². The van der Waals surface area contributed by atoms with Crippen LogP contribution in [-0.2, 0) is 0 Å². The number of aromatic amines is 1. The van der Waals surface area contributed by atoms with Gasteiger partial charge in [-0.25, -0.2) is 19.9 Å². The largest absolute Gasteiger partial charge is 0.329 e. The minimum atomic E-state index is -0.709. The lowest BCUT2D eigenvalue weighted by atomic mass is 10.1. The van der Waals surface area contributed by atoms with Crippen LogP contribution in [0.3, 0.4) is 0 Å². The van der Waals surface area contributed by atoms with E-state index in [1.807, 2.05) is 19.1 Å². The second-order valence-corrected chi connectivity index (χ2v) is 8.24. The first-order valence-electron chi connectivity index (χ1n) is 9.26. The third kappa shape index (κ3) is 3.18. The lowest BCUT2D eigenvalue weighted by molar-refractivity contribution is 0.829. The zero-order chi connectivity index (χ0) is 21.7. The molecule has 0 aliphatic rings. The number of hydrogen-bond donors (Lipinski definition) is 2. The Morgan fingerprint density at radius 3 is 2.58 bits per heavy atom. The van der Waals surface area contributed by atoms with E-state index < -0.39 is 5.25 Å². The van der Waals surface area contributed by atoms with E-state index in [1.54, 1.807) is 24.3 Å². The Morgan fingerprint density at radius 2 is 1.81 bits per heavy atom. The van der Waals surface area contributed by atoms with Crippen molar-refractivity contribution in [2.75, 3.05) is 0 Å². The average molecular weight is 469 g/mol. The highest BCUT2D eigenvalue weighted by Gasteiger charge is 2.26. The fraction of sp³-hybridized carbons (Fsp3) is 0.0952. The van der Waals surface area contributed by atoms with Gasteiger partial charge in [-0.05, 0) is 30.7 Å². The molecule has 0 aliphatic heterocycles. The first-order valence-corrected chi connectivity index (χ1v) is 10.5. The Labute approximate surface area is 191 Å². The molecule has 3 aromatic heterocycles.